The largest absolute Gasteiger partial charge is 0.522 e. The minimum Gasteiger partial charge on any atom is -0.425 e. The van der Waals surface area contributed by atoms with Crippen LogP contribution in [0.4, 0.5) is 13.2 Å². The number of hydrogen-bond acceptors (Lipinski definition) is 5. The van der Waals surface area contributed by atoms with E-state index in [1.54, 1.807) is 0 Å². The van der Waals surface area contributed by atoms with Crippen molar-refractivity contribution in [3.8, 4) is 0 Å². The van der Waals surface area contributed by atoms with Crippen molar-refractivity contribution in [1.82, 2.24) is 10.2 Å². The van der Waals surface area contributed by atoms with Gasteiger partial charge in [0, 0.05) is 17.4 Å². The number of hydrogen-bond donors (Lipinski definition) is 1. The first-order chi connectivity index (χ1) is 9.81. The highest BCUT2D eigenvalue weighted by molar-refractivity contribution is 5.17. The topological polar surface area (TPSA) is 74.2 Å². The molecule has 0 aromatic carbocycles. The van der Waals surface area contributed by atoms with Crippen LogP contribution in [0.1, 0.15) is 55.7 Å². The quantitative estimate of drug-likeness (QED) is 0.928. The van der Waals surface area contributed by atoms with Crippen LogP contribution in [0.25, 0.3) is 0 Å². The summed E-state index contributed by atoms with van der Waals surface area (Å²) < 4.78 is 45.8. The maximum absolute atomic E-state index is 12.1. The Morgan fingerprint density at radius 3 is 2.38 bits per heavy atom. The SMILES string of the molecule is NC12CC(C1)C(c1nnc(C3CC(OC(F)(F)F)C3)o1)C2. The molecule has 1 aromatic heterocycles. The lowest BCUT2D eigenvalue weighted by molar-refractivity contribution is -0.352. The van der Waals surface area contributed by atoms with Crippen LogP contribution in [0.5, 0.6) is 0 Å². The molecule has 1 aromatic rings. The van der Waals surface area contributed by atoms with Crippen molar-refractivity contribution < 1.29 is 22.3 Å². The van der Waals surface area contributed by atoms with E-state index in [-0.39, 0.29) is 30.2 Å². The van der Waals surface area contributed by atoms with Crippen molar-refractivity contribution in [3.05, 3.63) is 11.8 Å². The highest BCUT2D eigenvalue weighted by Crippen LogP contribution is 2.58. The Morgan fingerprint density at radius 2 is 1.81 bits per heavy atom. The number of fused-ring (bicyclic) bond motifs is 1. The Labute approximate surface area is 119 Å². The van der Waals surface area contributed by atoms with Gasteiger partial charge in [-0.2, -0.15) is 0 Å². The number of rotatable bonds is 3. The number of nitrogens with two attached hydrogens (primary N) is 1. The van der Waals surface area contributed by atoms with Gasteiger partial charge in [0.05, 0.1) is 6.10 Å². The minimum atomic E-state index is -4.57. The van der Waals surface area contributed by atoms with E-state index in [1.807, 2.05) is 0 Å². The van der Waals surface area contributed by atoms with Crippen LogP contribution in [0.3, 0.4) is 0 Å². The van der Waals surface area contributed by atoms with E-state index in [4.69, 9.17) is 10.2 Å². The Bertz CT molecular complexity index is 547. The zero-order valence-corrected chi connectivity index (χ0v) is 11.3. The maximum atomic E-state index is 12.1. The van der Waals surface area contributed by atoms with Crippen LogP contribution in [0.2, 0.25) is 0 Å². The molecule has 0 saturated heterocycles. The summed E-state index contributed by atoms with van der Waals surface area (Å²) in [6.07, 6.45) is -1.95. The van der Waals surface area contributed by atoms with Crippen LogP contribution in [-0.4, -0.2) is 28.2 Å². The molecular formula is C13H16F3N3O2. The first-order valence-electron chi connectivity index (χ1n) is 7.18. The average Bonchev–Trinajstić information content (AvgIpc) is 2.92. The molecule has 5 rings (SSSR count). The van der Waals surface area contributed by atoms with Crippen LogP contribution in [0, 0.1) is 5.92 Å². The molecule has 0 aliphatic heterocycles. The Hall–Kier alpha value is -1.15. The Kier molecular flexibility index (Phi) is 2.70. The van der Waals surface area contributed by atoms with Gasteiger partial charge in [-0.3, -0.25) is 4.74 Å². The van der Waals surface area contributed by atoms with Crippen LogP contribution in [-0.2, 0) is 4.74 Å². The fourth-order valence-corrected chi connectivity index (χ4v) is 3.94. The Balaban J connectivity index is 1.36. The summed E-state index contributed by atoms with van der Waals surface area (Å²) >= 11 is 0. The molecule has 5 nitrogen and oxygen atoms in total. The second kappa shape index (κ2) is 4.19. The van der Waals surface area contributed by atoms with Crippen molar-refractivity contribution in [3.63, 3.8) is 0 Å². The molecule has 0 radical (unpaired) electrons. The third-order valence-electron chi connectivity index (χ3n) is 5.05. The standard InChI is InChI=1S/C13H16F3N3O2/c14-13(15,16)21-8-1-6(2-8)10-18-19-11(20-10)9-5-12(17)3-7(9)4-12/h6-9H,1-5,17H2. The molecule has 2 N–H and O–H groups in total. The molecule has 1 heterocycles. The fourth-order valence-electron chi connectivity index (χ4n) is 3.94. The van der Waals surface area contributed by atoms with E-state index in [0.717, 1.165) is 19.3 Å². The van der Waals surface area contributed by atoms with Crippen LogP contribution >= 0.6 is 0 Å². The molecule has 116 valence electrons. The molecule has 8 heteroatoms. The van der Waals surface area contributed by atoms with Crippen molar-refractivity contribution in [2.45, 2.75) is 61.9 Å². The molecule has 4 fully saturated rings. The van der Waals surface area contributed by atoms with E-state index in [1.165, 1.54) is 0 Å². The third-order valence-corrected chi connectivity index (χ3v) is 5.05. The summed E-state index contributed by atoms with van der Waals surface area (Å²) in [6.45, 7) is 0. The minimum absolute atomic E-state index is 0.0634. The number of alkyl halides is 3. The van der Waals surface area contributed by atoms with Gasteiger partial charge in [-0.05, 0) is 38.0 Å². The van der Waals surface area contributed by atoms with E-state index in [2.05, 4.69) is 14.9 Å². The predicted molar refractivity (Wildman–Crippen MR) is 64.2 cm³/mol. The molecule has 2 bridgehead atoms. The molecule has 21 heavy (non-hydrogen) atoms. The summed E-state index contributed by atoms with van der Waals surface area (Å²) in [4.78, 5) is 0. The zero-order chi connectivity index (χ0) is 14.8. The molecular weight excluding hydrogens is 287 g/mol. The number of aromatic nitrogens is 2. The average molecular weight is 303 g/mol. The summed E-state index contributed by atoms with van der Waals surface area (Å²) in [7, 11) is 0. The second-order valence-corrected chi connectivity index (χ2v) is 6.67. The molecule has 4 aliphatic rings. The summed E-state index contributed by atoms with van der Waals surface area (Å²) in [5.74, 6) is 1.65. The van der Waals surface area contributed by atoms with Crippen LogP contribution in [0.15, 0.2) is 4.42 Å². The Morgan fingerprint density at radius 1 is 1.14 bits per heavy atom. The monoisotopic (exact) mass is 303 g/mol. The number of nitrogens with zero attached hydrogens (tertiary/aromatic N) is 2. The first-order valence-corrected chi connectivity index (χ1v) is 7.18. The molecule has 1 unspecified atom stereocenters. The van der Waals surface area contributed by atoms with Gasteiger partial charge in [0.15, 0.2) is 0 Å². The van der Waals surface area contributed by atoms with E-state index in [9.17, 15) is 13.2 Å². The lowest BCUT2D eigenvalue weighted by Gasteiger charge is -2.34. The third kappa shape index (κ3) is 2.34. The van der Waals surface area contributed by atoms with Gasteiger partial charge in [0.2, 0.25) is 11.8 Å². The van der Waals surface area contributed by atoms with Crippen molar-refractivity contribution in [1.29, 1.82) is 0 Å². The van der Waals surface area contributed by atoms with Gasteiger partial charge in [-0.15, -0.1) is 23.4 Å². The summed E-state index contributed by atoms with van der Waals surface area (Å²) in [6, 6.07) is 0. The van der Waals surface area contributed by atoms with Gasteiger partial charge in [-0.25, -0.2) is 0 Å². The van der Waals surface area contributed by atoms with Gasteiger partial charge >= 0.3 is 6.36 Å². The van der Waals surface area contributed by atoms with Gasteiger partial charge in [-0.1, -0.05) is 0 Å². The van der Waals surface area contributed by atoms with Crippen molar-refractivity contribution in [2.24, 2.45) is 11.7 Å². The van der Waals surface area contributed by atoms with Crippen molar-refractivity contribution >= 4 is 0 Å². The predicted octanol–water partition coefficient (Wildman–Crippen LogP) is 2.45. The maximum Gasteiger partial charge on any atom is 0.522 e. The fraction of sp³-hybridized carbons (Fsp3) is 0.846. The normalized spacial score (nSPS) is 41.7. The van der Waals surface area contributed by atoms with E-state index in [0.29, 0.717) is 17.7 Å². The van der Waals surface area contributed by atoms with Gasteiger partial charge < -0.3 is 10.2 Å². The molecule has 4 aliphatic carbocycles. The zero-order valence-electron chi connectivity index (χ0n) is 11.3. The molecule has 0 spiro atoms. The molecule has 0 amide bonds. The second-order valence-electron chi connectivity index (χ2n) is 6.67. The van der Waals surface area contributed by atoms with E-state index >= 15 is 0 Å². The lowest BCUT2D eigenvalue weighted by atomic mass is 9.77. The number of ether oxygens (including phenoxy) is 1. The highest BCUT2D eigenvalue weighted by Gasteiger charge is 2.56. The summed E-state index contributed by atoms with van der Waals surface area (Å²) in [5.41, 5.74) is 6.08. The van der Waals surface area contributed by atoms with Crippen LogP contribution < -0.4 is 5.73 Å². The summed E-state index contributed by atoms with van der Waals surface area (Å²) in [5, 5.41) is 8.07. The van der Waals surface area contributed by atoms with Gasteiger partial charge in [0.25, 0.3) is 0 Å². The smallest absolute Gasteiger partial charge is 0.425 e. The van der Waals surface area contributed by atoms with Crippen molar-refractivity contribution in [2.75, 3.05) is 0 Å². The molecule has 1 atom stereocenters. The number of halogens is 3. The van der Waals surface area contributed by atoms with E-state index < -0.39 is 12.5 Å². The van der Waals surface area contributed by atoms with Gasteiger partial charge in [0.1, 0.15) is 0 Å². The highest BCUT2D eigenvalue weighted by atomic mass is 19.4. The lowest BCUT2D eigenvalue weighted by Crippen LogP contribution is -2.44. The first kappa shape index (κ1) is 13.5. The molecule has 4 saturated carbocycles.